The number of hydrogen-bond donors (Lipinski definition) is 0. The van der Waals surface area contributed by atoms with Gasteiger partial charge in [-0.1, -0.05) is 23.2 Å². The first-order valence-corrected chi connectivity index (χ1v) is 7.64. The molecular weight excluding hydrogens is 297 g/mol. The average Bonchev–Trinajstić information content (AvgIpc) is 2.66. The van der Waals surface area contributed by atoms with Crippen LogP contribution in [0.1, 0.15) is 29.6 Å². The molecule has 0 aromatic carbocycles. The van der Waals surface area contributed by atoms with E-state index >= 15 is 0 Å². The molecule has 2 saturated heterocycles. The summed E-state index contributed by atoms with van der Waals surface area (Å²) in [7, 11) is 2.16. The quantitative estimate of drug-likeness (QED) is 0.748. The van der Waals surface area contributed by atoms with E-state index in [2.05, 4.69) is 16.9 Å². The van der Waals surface area contributed by atoms with Crippen LogP contribution in [0.2, 0.25) is 10.2 Å². The molecule has 0 spiro atoms. The number of amides is 1. The number of carbonyl (C=O) groups excluding carboxylic acids is 1. The van der Waals surface area contributed by atoms with E-state index in [1.165, 1.54) is 19.0 Å². The smallest absolute Gasteiger partial charge is 0.255 e. The molecule has 3 rings (SSSR count). The minimum atomic E-state index is -0.00276. The summed E-state index contributed by atoms with van der Waals surface area (Å²) in [5.41, 5.74) is 0.514. The molecule has 2 bridgehead atoms. The van der Waals surface area contributed by atoms with Gasteiger partial charge >= 0.3 is 0 Å². The Kier molecular flexibility index (Phi) is 3.89. The fraction of sp³-hybridized carbons (Fsp3) is 0.571. The molecule has 0 radical (unpaired) electrons. The van der Waals surface area contributed by atoms with Crippen molar-refractivity contribution in [2.75, 3.05) is 20.1 Å². The number of pyridine rings is 1. The topological polar surface area (TPSA) is 36.4 Å². The number of fused-ring (bicyclic) bond motifs is 2. The highest BCUT2D eigenvalue weighted by atomic mass is 35.5. The Morgan fingerprint density at radius 2 is 2.05 bits per heavy atom. The van der Waals surface area contributed by atoms with Gasteiger partial charge in [-0.05, 0) is 32.4 Å². The first-order chi connectivity index (χ1) is 9.56. The number of halogens is 2. The third-order valence-electron chi connectivity index (χ3n) is 4.48. The van der Waals surface area contributed by atoms with Crippen molar-refractivity contribution < 1.29 is 4.79 Å². The molecule has 0 aliphatic carbocycles. The summed E-state index contributed by atoms with van der Waals surface area (Å²) in [6.07, 6.45) is 4.96. The SMILES string of the molecule is CN1C2CCC1CN(C(=O)c1cnc(Cl)c(Cl)c1)CC2. The Morgan fingerprint density at radius 3 is 2.80 bits per heavy atom. The maximum absolute atomic E-state index is 12.6. The second-order valence-corrected chi connectivity index (χ2v) is 6.35. The first kappa shape index (κ1) is 14.1. The Balaban J connectivity index is 1.78. The maximum Gasteiger partial charge on any atom is 0.255 e. The van der Waals surface area contributed by atoms with E-state index in [1.807, 2.05) is 4.90 Å². The number of likely N-dealkylation sites (N-methyl/N-ethyl adjacent to an activating group) is 1. The highest BCUT2D eigenvalue weighted by Gasteiger charge is 2.36. The first-order valence-electron chi connectivity index (χ1n) is 6.88. The van der Waals surface area contributed by atoms with Crippen LogP contribution in [0.25, 0.3) is 0 Å². The number of hydrogen-bond acceptors (Lipinski definition) is 3. The third kappa shape index (κ3) is 2.52. The Bertz CT molecular complexity index is 537. The van der Waals surface area contributed by atoms with Crippen LogP contribution >= 0.6 is 23.2 Å². The molecule has 2 fully saturated rings. The van der Waals surface area contributed by atoms with Gasteiger partial charge in [0.1, 0.15) is 5.15 Å². The molecule has 0 N–H and O–H groups in total. The highest BCUT2D eigenvalue weighted by molar-refractivity contribution is 6.41. The lowest BCUT2D eigenvalue weighted by Crippen LogP contribution is -2.39. The molecule has 2 unspecified atom stereocenters. The summed E-state index contributed by atoms with van der Waals surface area (Å²) in [6.45, 7) is 1.58. The monoisotopic (exact) mass is 313 g/mol. The maximum atomic E-state index is 12.6. The van der Waals surface area contributed by atoms with E-state index in [1.54, 1.807) is 6.07 Å². The van der Waals surface area contributed by atoms with E-state index in [0.29, 0.717) is 22.7 Å². The standard InChI is InChI=1S/C14H17Cl2N3O/c1-18-10-2-3-11(18)8-19(5-4-10)14(20)9-6-12(15)13(16)17-7-9/h6-7,10-11H,2-5,8H2,1H3. The Morgan fingerprint density at radius 1 is 1.30 bits per heavy atom. The zero-order valence-corrected chi connectivity index (χ0v) is 12.9. The van der Waals surface area contributed by atoms with Crippen LogP contribution in [0.15, 0.2) is 12.3 Å². The number of nitrogens with zero attached hydrogens (tertiary/aromatic N) is 3. The summed E-state index contributed by atoms with van der Waals surface area (Å²) in [4.78, 5) is 20.9. The summed E-state index contributed by atoms with van der Waals surface area (Å²) in [5, 5.41) is 0.559. The number of rotatable bonds is 1. The fourth-order valence-corrected chi connectivity index (χ4v) is 3.48. The van der Waals surface area contributed by atoms with Gasteiger partial charge in [-0.15, -0.1) is 0 Å². The molecule has 108 valence electrons. The molecule has 0 saturated carbocycles. The molecule has 2 aliphatic rings. The van der Waals surface area contributed by atoms with Crippen LogP contribution < -0.4 is 0 Å². The minimum absolute atomic E-state index is 0.00276. The third-order valence-corrected chi connectivity index (χ3v) is 5.16. The van der Waals surface area contributed by atoms with E-state index in [-0.39, 0.29) is 11.1 Å². The van der Waals surface area contributed by atoms with Gasteiger partial charge in [0.05, 0.1) is 10.6 Å². The largest absolute Gasteiger partial charge is 0.337 e. The molecular formula is C14H17Cl2N3O. The predicted octanol–water partition coefficient (Wildman–Crippen LogP) is 2.70. The molecule has 6 heteroatoms. The van der Waals surface area contributed by atoms with Crippen LogP contribution in [0.4, 0.5) is 0 Å². The zero-order chi connectivity index (χ0) is 14.3. The number of aromatic nitrogens is 1. The van der Waals surface area contributed by atoms with Crippen molar-refractivity contribution in [2.24, 2.45) is 0 Å². The summed E-state index contributed by atoms with van der Waals surface area (Å²) in [6, 6.07) is 2.69. The van der Waals surface area contributed by atoms with Crippen molar-refractivity contribution >= 4 is 29.1 Å². The highest BCUT2D eigenvalue weighted by Crippen LogP contribution is 2.29. The Hall–Kier alpha value is -0.840. The summed E-state index contributed by atoms with van der Waals surface area (Å²) in [5.74, 6) is -0.00276. The lowest BCUT2D eigenvalue weighted by molar-refractivity contribution is 0.0740. The van der Waals surface area contributed by atoms with Crippen LogP contribution in [0.3, 0.4) is 0 Å². The normalized spacial score (nSPS) is 26.6. The fourth-order valence-electron chi connectivity index (χ4n) is 3.21. The zero-order valence-electron chi connectivity index (χ0n) is 11.4. The number of carbonyl (C=O) groups is 1. The molecule has 3 heterocycles. The number of likely N-dealkylation sites (tertiary alicyclic amines) is 1. The molecule has 2 aliphatic heterocycles. The van der Waals surface area contributed by atoms with Gasteiger partial charge in [0.15, 0.2) is 0 Å². The predicted molar refractivity (Wildman–Crippen MR) is 79.4 cm³/mol. The van der Waals surface area contributed by atoms with Gasteiger partial charge in [-0.3, -0.25) is 9.69 Å². The van der Waals surface area contributed by atoms with Gasteiger partial charge in [-0.2, -0.15) is 0 Å². The van der Waals surface area contributed by atoms with Gasteiger partial charge in [0.25, 0.3) is 5.91 Å². The summed E-state index contributed by atoms with van der Waals surface area (Å²) < 4.78 is 0. The second-order valence-electron chi connectivity index (χ2n) is 5.59. The Labute approximate surface area is 128 Å². The van der Waals surface area contributed by atoms with Crippen molar-refractivity contribution in [1.82, 2.24) is 14.8 Å². The summed E-state index contributed by atoms with van der Waals surface area (Å²) >= 11 is 11.7. The molecule has 4 nitrogen and oxygen atoms in total. The van der Waals surface area contributed by atoms with E-state index in [4.69, 9.17) is 23.2 Å². The van der Waals surface area contributed by atoms with E-state index in [9.17, 15) is 4.79 Å². The minimum Gasteiger partial charge on any atom is -0.337 e. The van der Waals surface area contributed by atoms with Gasteiger partial charge in [0.2, 0.25) is 0 Å². The average molecular weight is 314 g/mol. The molecule has 1 aromatic rings. The van der Waals surface area contributed by atoms with Crippen LogP contribution in [0, 0.1) is 0 Å². The van der Waals surface area contributed by atoms with Crippen molar-refractivity contribution in [3.8, 4) is 0 Å². The van der Waals surface area contributed by atoms with Crippen molar-refractivity contribution in [1.29, 1.82) is 0 Å². The molecule has 2 atom stereocenters. The molecule has 20 heavy (non-hydrogen) atoms. The van der Waals surface area contributed by atoms with Crippen LogP contribution in [-0.2, 0) is 0 Å². The van der Waals surface area contributed by atoms with E-state index < -0.39 is 0 Å². The van der Waals surface area contributed by atoms with Crippen molar-refractivity contribution in [3.63, 3.8) is 0 Å². The van der Waals surface area contributed by atoms with Crippen molar-refractivity contribution in [3.05, 3.63) is 28.0 Å². The van der Waals surface area contributed by atoms with Crippen LogP contribution in [0.5, 0.6) is 0 Å². The van der Waals surface area contributed by atoms with Crippen molar-refractivity contribution in [2.45, 2.75) is 31.3 Å². The van der Waals surface area contributed by atoms with Gasteiger partial charge in [0, 0.05) is 31.4 Å². The molecule has 1 amide bonds. The van der Waals surface area contributed by atoms with Crippen LogP contribution in [-0.4, -0.2) is 52.9 Å². The lowest BCUT2D eigenvalue weighted by Gasteiger charge is -2.25. The van der Waals surface area contributed by atoms with Gasteiger partial charge < -0.3 is 4.90 Å². The van der Waals surface area contributed by atoms with E-state index in [0.717, 1.165) is 19.5 Å². The second kappa shape index (κ2) is 5.51. The lowest BCUT2D eigenvalue weighted by atomic mass is 10.1. The van der Waals surface area contributed by atoms with Gasteiger partial charge in [-0.25, -0.2) is 4.98 Å². The molecule has 1 aromatic heterocycles.